The molecule has 0 saturated carbocycles. The number of para-hydroxylation sites is 2. The van der Waals surface area contributed by atoms with Gasteiger partial charge in [0.25, 0.3) is 0 Å². The van der Waals surface area contributed by atoms with Crippen molar-refractivity contribution in [3.63, 3.8) is 0 Å². The van der Waals surface area contributed by atoms with Crippen LogP contribution in [-0.2, 0) is 20.9 Å². The number of fused-ring (bicyclic) bond motifs is 1. The van der Waals surface area contributed by atoms with E-state index in [1.165, 1.54) is 12.0 Å². The molecular weight excluding hydrogens is 441 g/mol. The summed E-state index contributed by atoms with van der Waals surface area (Å²) in [6.07, 6.45) is 1.59. The zero-order valence-electron chi connectivity index (χ0n) is 17.0. The Balaban J connectivity index is 1.76. The fraction of sp³-hybridized carbons (Fsp3) is 0.227. The quantitative estimate of drug-likeness (QED) is 0.534. The molecule has 1 heterocycles. The number of anilines is 1. The minimum Gasteiger partial charge on any atom is -0.465 e. The Kier molecular flexibility index (Phi) is 7.20. The monoisotopic (exact) mass is 461 g/mol. The van der Waals surface area contributed by atoms with Crippen LogP contribution in [0.2, 0.25) is 10.0 Å². The highest BCUT2D eigenvalue weighted by Crippen LogP contribution is 2.29. The number of esters is 1. The number of nitrogens with one attached hydrogen (secondary N) is 1. The van der Waals surface area contributed by atoms with Crippen LogP contribution >= 0.6 is 23.2 Å². The number of halogens is 2. The molecule has 9 heteroatoms. The summed E-state index contributed by atoms with van der Waals surface area (Å²) >= 11 is 12.2. The van der Waals surface area contributed by atoms with Crippen molar-refractivity contribution >= 4 is 57.6 Å². The molecule has 2 amide bonds. The van der Waals surface area contributed by atoms with Crippen molar-refractivity contribution < 1.29 is 19.1 Å². The summed E-state index contributed by atoms with van der Waals surface area (Å²) in [5.74, 6) is -1.18. The number of rotatable bonds is 7. The Hall–Kier alpha value is -3.03. The van der Waals surface area contributed by atoms with E-state index in [4.69, 9.17) is 27.9 Å². The van der Waals surface area contributed by atoms with E-state index in [1.807, 2.05) is 18.2 Å². The third-order valence-electron chi connectivity index (χ3n) is 4.80. The van der Waals surface area contributed by atoms with Gasteiger partial charge in [0.1, 0.15) is 6.54 Å². The summed E-state index contributed by atoms with van der Waals surface area (Å²) in [4.78, 5) is 38.9. The highest BCUT2D eigenvalue weighted by Gasteiger charge is 2.21. The van der Waals surface area contributed by atoms with Crippen LogP contribution in [0.5, 0.6) is 0 Å². The van der Waals surface area contributed by atoms with Gasteiger partial charge in [0.15, 0.2) is 0 Å². The van der Waals surface area contributed by atoms with Gasteiger partial charge >= 0.3 is 5.97 Å². The molecule has 0 atom stereocenters. The molecule has 162 valence electrons. The van der Waals surface area contributed by atoms with Crippen LogP contribution in [0.25, 0.3) is 10.9 Å². The molecule has 1 aromatic heterocycles. The number of hydrogen-bond donors (Lipinski definition) is 1. The summed E-state index contributed by atoms with van der Waals surface area (Å²) in [6.45, 7) is 1.90. The van der Waals surface area contributed by atoms with Crippen LogP contribution in [0.15, 0.2) is 48.7 Å². The molecule has 1 N–H and O–H groups in total. The van der Waals surface area contributed by atoms with E-state index >= 15 is 0 Å². The second kappa shape index (κ2) is 9.85. The van der Waals surface area contributed by atoms with Gasteiger partial charge in [-0.3, -0.25) is 9.59 Å². The smallest absolute Gasteiger partial charge is 0.340 e. The van der Waals surface area contributed by atoms with Crippen molar-refractivity contribution in [2.75, 3.05) is 25.5 Å². The molecule has 31 heavy (non-hydrogen) atoms. The van der Waals surface area contributed by atoms with E-state index in [0.29, 0.717) is 33.2 Å². The Morgan fingerprint density at radius 2 is 1.74 bits per heavy atom. The number of methoxy groups -OCH3 is 1. The van der Waals surface area contributed by atoms with Crippen molar-refractivity contribution in [3.8, 4) is 0 Å². The van der Waals surface area contributed by atoms with Gasteiger partial charge in [-0.15, -0.1) is 0 Å². The van der Waals surface area contributed by atoms with Gasteiger partial charge in [-0.05, 0) is 25.1 Å². The van der Waals surface area contributed by atoms with Gasteiger partial charge in [-0.2, -0.15) is 0 Å². The van der Waals surface area contributed by atoms with Gasteiger partial charge in [0, 0.05) is 23.6 Å². The average molecular weight is 462 g/mol. The highest BCUT2D eigenvalue weighted by molar-refractivity contribution is 6.39. The van der Waals surface area contributed by atoms with E-state index in [2.05, 4.69) is 5.32 Å². The fourth-order valence-electron chi connectivity index (χ4n) is 3.24. The van der Waals surface area contributed by atoms with E-state index < -0.39 is 11.9 Å². The van der Waals surface area contributed by atoms with Crippen LogP contribution in [-0.4, -0.2) is 47.4 Å². The van der Waals surface area contributed by atoms with Crippen LogP contribution in [0.4, 0.5) is 5.69 Å². The van der Waals surface area contributed by atoms with Crippen LogP contribution in [0.3, 0.4) is 0 Å². The molecule has 0 aliphatic carbocycles. The number of aromatic nitrogens is 1. The van der Waals surface area contributed by atoms with Crippen molar-refractivity contribution in [3.05, 3.63) is 64.3 Å². The average Bonchev–Trinajstić information content (AvgIpc) is 3.12. The largest absolute Gasteiger partial charge is 0.465 e. The molecule has 7 nitrogen and oxygen atoms in total. The lowest BCUT2D eigenvalue weighted by molar-refractivity contribution is -0.134. The first-order valence-electron chi connectivity index (χ1n) is 9.53. The zero-order valence-corrected chi connectivity index (χ0v) is 18.5. The molecule has 0 fully saturated rings. The number of carbonyl (C=O) groups excluding carboxylic acids is 3. The molecule has 0 aliphatic rings. The molecule has 3 rings (SSSR count). The van der Waals surface area contributed by atoms with Crippen LogP contribution in [0, 0.1) is 0 Å². The Morgan fingerprint density at radius 3 is 2.39 bits per heavy atom. The third-order valence-corrected chi connectivity index (χ3v) is 5.43. The second-order valence-corrected chi connectivity index (χ2v) is 7.55. The Labute approximate surface area is 189 Å². The minimum absolute atomic E-state index is 0.0362. The minimum atomic E-state index is -0.481. The van der Waals surface area contributed by atoms with E-state index in [-0.39, 0.29) is 19.0 Å². The number of benzene rings is 2. The van der Waals surface area contributed by atoms with Gasteiger partial charge in [0.05, 0.1) is 35.0 Å². The maximum atomic E-state index is 12.9. The third kappa shape index (κ3) is 5.00. The first-order valence-corrected chi connectivity index (χ1v) is 10.3. The molecule has 0 spiro atoms. The van der Waals surface area contributed by atoms with Gasteiger partial charge in [-0.1, -0.05) is 47.5 Å². The molecule has 0 unspecified atom stereocenters. The SMILES string of the molecule is CCN(CC(=O)Nc1c(Cl)cccc1Cl)C(=O)Cn1cc(C(=O)OC)c2ccccc21. The summed E-state index contributed by atoms with van der Waals surface area (Å²) in [5.41, 5.74) is 1.40. The standard InChI is InChI=1S/C22H21Cl2N3O4/c1-3-26(12-19(28)25-21-16(23)8-6-9-17(21)24)20(29)13-27-11-15(22(30)31-2)14-7-4-5-10-18(14)27/h4-11H,3,12-13H2,1-2H3,(H,25,28). The second-order valence-electron chi connectivity index (χ2n) is 6.73. The maximum Gasteiger partial charge on any atom is 0.340 e. The highest BCUT2D eigenvalue weighted by atomic mass is 35.5. The van der Waals surface area contributed by atoms with E-state index in [0.717, 1.165) is 5.52 Å². The van der Waals surface area contributed by atoms with Crippen LogP contribution < -0.4 is 5.32 Å². The number of nitrogens with zero attached hydrogens (tertiary/aromatic N) is 2. The number of carbonyl (C=O) groups is 3. The van der Waals surface area contributed by atoms with Gasteiger partial charge in [-0.25, -0.2) is 4.79 Å². The molecule has 0 bridgehead atoms. The Morgan fingerprint density at radius 1 is 1.06 bits per heavy atom. The lowest BCUT2D eigenvalue weighted by atomic mass is 10.2. The normalized spacial score (nSPS) is 10.7. The molecule has 0 aliphatic heterocycles. The molecule has 0 saturated heterocycles. The Bertz CT molecular complexity index is 1120. The number of hydrogen-bond acceptors (Lipinski definition) is 4. The van der Waals surface area contributed by atoms with Crippen LogP contribution in [0.1, 0.15) is 17.3 Å². The topological polar surface area (TPSA) is 80.6 Å². The zero-order chi connectivity index (χ0) is 22.5. The van der Waals surface area contributed by atoms with Crippen molar-refractivity contribution in [2.45, 2.75) is 13.5 Å². The number of ether oxygens (including phenoxy) is 1. The van der Waals surface area contributed by atoms with Crippen molar-refractivity contribution in [2.24, 2.45) is 0 Å². The predicted molar refractivity (Wildman–Crippen MR) is 121 cm³/mol. The van der Waals surface area contributed by atoms with E-state index in [9.17, 15) is 14.4 Å². The lowest BCUT2D eigenvalue weighted by Gasteiger charge is -2.21. The summed E-state index contributed by atoms with van der Waals surface area (Å²) in [6, 6.07) is 12.1. The fourth-order valence-corrected chi connectivity index (χ4v) is 3.73. The summed E-state index contributed by atoms with van der Waals surface area (Å²) < 4.78 is 6.51. The summed E-state index contributed by atoms with van der Waals surface area (Å²) in [7, 11) is 1.31. The van der Waals surface area contributed by atoms with Gasteiger partial charge in [0.2, 0.25) is 11.8 Å². The first-order chi connectivity index (χ1) is 14.8. The number of amides is 2. The summed E-state index contributed by atoms with van der Waals surface area (Å²) in [5, 5.41) is 3.96. The first kappa shape index (κ1) is 22.7. The van der Waals surface area contributed by atoms with E-state index in [1.54, 1.807) is 42.0 Å². The lowest BCUT2D eigenvalue weighted by Crippen LogP contribution is -2.39. The molecule has 3 aromatic rings. The van der Waals surface area contributed by atoms with Crippen molar-refractivity contribution in [1.82, 2.24) is 9.47 Å². The maximum absolute atomic E-state index is 12.9. The molecule has 0 radical (unpaired) electrons. The molecule has 2 aromatic carbocycles. The van der Waals surface area contributed by atoms with Gasteiger partial charge < -0.3 is 19.5 Å². The number of likely N-dealkylation sites (N-methyl/N-ethyl adjacent to an activating group) is 1. The van der Waals surface area contributed by atoms with Crippen molar-refractivity contribution in [1.29, 1.82) is 0 Å². The molecular formula is C22H21Cl2N3O4. The predicted octanol–water partition coefficient (Wildman–Crippen LogP) is 4.22.